The molecule has 0 aliphatic carbocycles. The molecule has 9 rings (SSSR count). The highest BCUT2D eigenvalue weighted by Crippen LogP contribution is 2.47. The molecule has 0 spiro atoms. The van der Waals surface area contributed by atoms with Crippen molar-refractivity contribution in [2.45, 2.75) is 0 Å². The first kappa shape index (κ1) is 17.9. The minimum atomic E-state index is 0.810. The summed E-state index contributed by atoms with van der Waals surface area (Å²) in [5, 5.41) is 17.8. The van der Waals surface area contributed by atoms with Crippen molar-refractivity contribution >= 4 is 75.7 Å². The summed E-state index contributed by atoms with van der Waals surface area (Å²) in [4.78, 5) is 8.14. The van der Waals surface area contributed by atoms with E-state index >= 15 is 0 Å². The second-order valence-electron chi connectivity index (χ2n) is 9.04. The van der Waals surface area contributed by atoms with Gasteiger partial charge in [-0.25, -0.2) is 9.97 Å². The third-order valence-electron chi connectivity index (χ3n) is 7.26. The molecule has 0 atom stereocenters. The van der Waals surface area contributed by atoms with Crippen LogP contribution < -0.4 is 0 Å². The molecule has 0 N–H and O–H groups in total. The maximum absolute atomic E-state index is 4.07. The zero-order chi connectivity index (χ0) is 22.2. The quantitative estimate of drug-likeness (QED) is 0.178. The molecule has 2 heteroatoms. The Hall–Kier alpha value is -4.56. The molecule has 0 unspecified atom stereocenters. The number of aromatic nitrogens is 2. The van der Waals surface area contributed by atoms with Crippen LogP contribution in [0.1, 0.15) is 0 Å². The Morgan fingerprint density at radius 1 is 0.294 bits per heavy atom. The molecule has 0 saturated heterocycles. The Morgan fingerprint density at radius 2 is 0.559 bits per heavy atom. The summed E-state index contributed by atoms with van der Waals surface area (Å²) in [7, 11) is 0. The summed E-state index contributed by atoms with van der Waals surface area (Å²) in [5.41, 5.74) is 0.810. The highest BCUT2D eigenvalue weighted by atomic mass is 14.8. The number of rotatable bonds is 0. The lowest BCUT2D eigenvalue weighted by Crippen LogP contribution is -1.91. The van der Waals surface area contributed by atoms with Crippen LogP contribution >= 0.6 is 0 Å². The van der Waals surface area contributed by atoms with Crippen LogP contribution in [-0.4, -0.2) is 9.97 Å². The Bertz CT molecular complexity index is 1660. The molecule has 2 aromatic heterocycles. The van der Waals surface area contributed by atoms with Gasteiger partial charge in [0.2, 0.25) is 0 Å². The first-order valence-electron chi connectivity index (χ1n) is 11.6. The molecule has 9 aromatic rings. The van der Waals surface area contributed by atoms with Crippen molar-refractivity contribution in [3.05, 3.63) is 109 Å². The van der Waals surface area contributed by atoms with Crippen molar-refractivity contribution in [2.24, 2.45) is 0 Å². The monoisotopic (exact) mass is 430 g/mol. The molecule has 0 aliphatic rings. The van der Waals surface area contributed by atoms with E-state index in [1.165, 1.54) is 64.6 Å². The lowest BCUT2D eigenvalue weighted by Gasteiger charge is -2.20. The lowest BCUT2D eigenvalue weighted by molar-refractivity contribution is 1.29. The van der Waals surface area contributed by atoms with Crippen LogP contribution in [0.25, 0.3) is 75.7 Å². The SMILES string of the molecule is c1cc2ccc3ccc4ccc5ccc6ccc1c1c2c3c4c5c61.c1cnc2ncccc2c1. The fourth-order valence-corrected chi connectivity index (χ4v) is 5.80. The van der Waals surface area contributed by atoms with E-state index < -0.39 is 0 Å². The van der Waals surface area contributed by atoms with Crippen LogP contribution in [0, 0.1) is 0 Å². The Kier molecular flexibility index (Phi) is 3.42. The molecule has 0 fully saturated rings. The van der Waals surface area contributed by atoms with Gasteiger partial charge < -0.3 is 0 Å². The maximum Gasteiger partial charge on any atom is 0.159 e. The van der Waals surface area contributed by atoms with E-state index in [1.54, 1.807) is 12.4 Å². The molecule has 0 aliphatic heterocycles. The summed E-state index contributed by atoms with van der Waals surface area (Å²) in [6, 6.07) is 35.1. The van der Waals surface area contributed by atoms with Crippen LogP contribution in [0.3, 0.4) is 0 Å². The summed E-state index contributed by atoms with van der Waals surface area (Å²) in [6.45, 7) is 0. The normalized spacial score (nSPS) is 12.1. The predicted molar refractivity (Wildman–Crippen MR) is 145 cm³/mol. The lowest BCUT2D eigenvalue weighted by atomic mass is 9.83. The first-order chi connectivity index (χ1) is 16.9. The van der Waals surface area contributed by atoms with Crippen LogP contribution in [0.2, 0.25) is 0 Å². The highest BCUT2D eigenvalue weighted by molar-refractivity contribution is 6.44. The Morgan fingerprint density at radius 3 is 0.794 bits per heavy atom. The van der Waals surface area contributed by atoms with Gasteiger partial charge in [-0.05, 0) is 88.9 Å². The number of fused-ring (bicyclic) bond motifs is 1. The van der Waals surface area contributed by atoms with Crippen LogP contribution in [-0.2, 0) is 0 Å². The van der Waals surface area contributed by atoms with E-state index in [0.717, 1.165) is 11.0 Å². The molecule has 2 heterocycles. The smallest absolute Gasteiger partial charge is 0.159 e. The van der Waals surface area contributed by atoms with Gasteiger partial charge in [0.05, 0.1) is 0 Å². The van der Waals surface area contributed by atoms with E-state index in [0.29, 0.717) is 0 Å². The second-order valence-corrected chi connectivity index (χ2v) is 9.04. The van der Waals surface area contributed by atoms with E-state index in [1.807, 2.05) is 24.3 Å². The number of hydrogen-bond donors (Lipinski definition) is 0. The van der Waals surface area contributed by atoms with Crippen LogP contribution in [0.15, 0.2) is 109 Å². The second kappa shape index (κ2) is 6.49. The Labute approximate surface area is 195 Å². The maximum atomic E-state index is 4.07. The van der Waals surface area contributed by atoms with Crippen molar-refractivity contribution in [3.63, 3.8) is 0 Å². The van der Waals surface area contributed by atoms with Gasteiger partial charge in [0.15, 0.2) is 5.65 Å². The van der Waals surface area contributed by atoms with Crippen molar-refractivity contribution in [1.29, 1.82) is 0 Å². The zero-order valence-corrected chi connectivity index (χ0v) is 18.3. The average Bonchev–Trinajstić information content (AvgIpc) is 2.92. The molecular formula is C32H18N2. The standard InChI is InChI=1S/C24H12.C8H6N2/c1-2-14-5-6-16-9-11-18-12-10-17-8-7-15-4-3-13(1)19-20(14)22(16)24(18)23(17)21(15)19;1-3-7-4-2-6-10-8(7)9-5-1/h1-12H;1-6H. The summed E-state index contributed by atoms with van der Waals surface area (Å²) < 4.78 is 0. The molecule has 156 valence electrons. The predicted octanol–water partition coefficient (Wildman–Crippen LogP) is 8.55. The molecule has 34 heavy (non-hydrogen) atoms. The van der Waals surface area contributed by atoms with Gasteiger partial charge in [0.25, 0.3) is 0 Å². The van der Waals surface area contributed by atoms with Gasteiger partial charge in [-0.2, -0.15) is 0 Å². The van der Waals surface area contributed by atoms with Crippen molar-refractivity contribution in [2.75, 3.05) is 0 Å². The molecule has 0 radical (unpaired) electrons. The summed E-state index contributed by atoms with van der Waals surface area (Å²) >= 11 is 0. The van der Waals surface area contributed by atoms with E-state index in [4.69, 9.17) is 0 Å². The van der Waals surface area contributed by atoms with Crippen molar-refractivity contribution in [3.8, 4) is 0 Å². The van der Waals surface area contributed by atoms with Crippen LogP contribution in [0.4, 0.5) is 0 Å². The zero-order valence-electron chi connectivity index (χ0n) is 18.3. The van der Waals surface area contributed by atoms with E-state index in [9.17, 15) is 0 Å². The van der Waals surface area contributed by atoms with Crippen molar-refractivity contribution in [1.82, 2.24) is 9.97 Å². The number of hydrogen-bond acceptors (Lipinski definition) is 2. The third kappa shape index (κ3) is 2.29. The van der Waals surface area contributed by atoms with Crippen molar-refractivity contribution < 1.29 is 0 Å². The largest absolute Gasteiger partial charge is 0.237 e. The third-order valence-corrected chi connectivity index (χ3v) is 7.26. The van der Waals surface area contributed by atoms with Gasteiger partial charge in [-0.3, -0.25) is 0 Å². The van der Waals surface area contributed by atoms with E-state index in [-0.39, 0.29) is 0 Å². The van der Waals surface area contributed by atoms with Crippen LogP contribution in [0.5, 0.6) is 0 Å². The van der Waals surface area contributed by atoms with Gasteiger partial charge in [0.1, 0.15) is 0 Å². The topological polar surface area (TPSA) is 25.8 Å². The summed E-state index contributed by atoms with van der Waals surface area (Å²) in [5.74, 6) is 0. The number of pyridine rings is 2. The fraction of sp³-hybridized carbons (Fsp3) is 0. The minimum Gasteiger partial charge on any atom is -0.237 e. The van der Waals surface area contributed by atoms with Gasteiger partial charge >= 0.3 is 0 Å². The Balaban J connectivity index is 0.000000158. The average molecular weight is 431 g/mol. The minimum absolute atomic E-state index is 0.810. The molecule has 2 nitrogen and oxygen atoms in total. The molecule has 0 saturated carbocycles. The summed E-state index contributed by atoms with van der Waals surface area (Å²) in [6.07, 6.45) is 3.49. The van der Waals surface area contributed by atoms with Gasteiger partial charge in [-0.1, -0.05) is 72.8 Å². The molecular weight excluding hydrogens is 412 g/mol. The molecule has 0 bridgehead atoms. The molecule has 0 amide bonds. The fourth-order valence-electron chi connectivity index (χ4n) is 5.80. The highest BCUT2D eigenvalue weighted by Gasteiger charge is 2.19. The number of benzene rings is 7. The van der Waals surface area contributed by atoms with E-state index in [2.05, 4.69) is 82.8 Å². The number of nitrogens with zero attached hydrogens (tertiary/aromatic N) is 2. The first-order valence-corrected chi connectivity index (χ1v) is 11.6. The van der Waals surface area contributed by atoms with Gasteiger partial charge in [-0.15, -0.1) is 0 Å². The molecule has 7 aromatic carbocycles. The van der Waals surface area contributed by atoms with Gasteiger partial charge in [0, 0.05) is 17.8 Å².